The Kier molecular flexibility index (Phi) is 4.15. The molecule has 2 rings (SSSR count). The third-order valence-electron chi connectivity index (χ3n) is 2.76. The fourth-order valence-electron chi connectivity index (χ4n) is 1.65. The maximum atomic E-state index is 12.0. The first-order valence-corrected chi connectivity index (χ1v) is 6.85. The van der Waals surface area contributed by atoms with Crippen molar-refractivity contribution in [2.75, 3.05) is 5.32 Å². The maximum absolute atomic E-state index is 12.0. The third-order valence-corrected chi connectivity index (χ3v) is 3.41. The highest BCUT2D eigenvalue weighted by Crippen LogP contribution is 2.15. The Hall–Kier alpha value is -1.61. The summed E-state index contributed by atoms with van der Waals surface area (Å²) in [6, 6.07) is 15.3. The standard InChI is InChI=1S/C15H14BrNO/c1-11-4-2-3-5-14(11)17-15(18)13-8-6-12(10-16)7-9-13/h2-9H,10H2,1H3,(H,17,18). The van der Waals surface area contributed by atoms with Gasteiger partial charge in [0.2, 0.25) is 0 Å². The molecule has 0 bridgehead atoms. The number of halogens is 1. The number of benzene rings is 2. The van der Waals surface area contributed by atoms with Crippen molar-refractivity contribution in [2.45, 2.75) is 12.3 Å². The van der Waals surface area contributed by atoms with E-state index in [1.807, 2.05) is 55.5 Å². The Morgan fingerprint density at radius 2 is 1.78 bits per heavy atom. The summed E-state index contributed by atoms with van der Waals surface area (Å²) in [4.78, 5) is 12.0. The third kappa shape index (κ3) is 2.99. The summed E-state index contributed by atoms with van der Waals surface area (Å²) >= 11 is 3.38. The molecule has 18 heavy (non-hydrogen) atoms. The topological polar surface area (TPSA) is 29.1 Å². The van der Waals surface area contributed by atoms with E-state index in [4.69, 9.17) is 0 Å². The zero-order valence-corrected chi connectivity index (χ0v) is 11.7. The zero-order chi connectivity index (χ0) is 13.0. The first kappa shape index (κ1) is 12.8. The van der Waals surface area contributed by atoms with Gasteiger partial charge in [0.05, 0.1) is 0 Å². The zero-order valence-electron chi connectivity index (χ0n) is 10.1. The van der Waals surface area contributed by atoms with E-state index in [0.29, 0.717) is 5.56 Å². The van der Waals surface area contributed by atoms with Gasteiger partial charge in [-0.25, -0.2) is 0 Å². The number of amides is 1. The molecule has 1 amide bonds. The number of carbonyl (C=O) groups excluding carboxylic acids is 1. The van der Waals surface area contributed by atoms with E-state index in [2.05, 4.69) is 21.2 Å². The number of para-hydroxylation sites is 1. The number of carbonyl (C=O) groups is 1. The average molecular weight is 304 g/mol. The van der Waals surface area contributed by atoms with Crippen molar-refractivity contribution in [3.05, 3.63) is 65.2 Å². The van der Waals surface area contributed by atoms with Gasteiger partial charge < -0.3 is 5.32 Å². The van der Waals surface area contributed by atoms with Gasteiger partial charge in [0, 0.05) is 16.6 Å². The van der Waals surface area contributed by atoms with Crippen LogP contribution in [0.5, 0.6) is 0 Å². The van der Waals surface area contributed by atoms with Crippen LogP contribution in [0.25, 0.3) is 0 Å². The van der Waals surface area contributed by atoms with E-state index in [1.165, 1.54) is 0 Å². The van der Waals surface area contributed by atoms with E-state index >= 15 is 0 Å². The lowest BCUT2D eigenvalue weighted by atomic mass is 10.1. The van der Waals surface area contributed by atoms with Crippen LogP contribution in [0, 0.1) is 6.92 Å². The van der Waals surface area contributed by atoms with Gasteiger partial charge in [0.1, 0.15) is 0 Å². The fraction of sp³-hybridized carbons (Fsp3) is 0.133. The van der Waals surface area contributed by atoms with Crippen LogP contribution in [-0.4, -0.2) is 5.91 Å². The summed E-state index contributed by atoms with van der Waals surface area (Å²) in [5.74, 6) is -0.0783. The lowest BCUT2D eigenvalue weighted by molar-refractivity contribution is 0.102. The minimum Gasteiger partial charge on any atom is -0.322 e. The molecular weight excluding hydrogens is 290 g/mol. The molecule has 0 fully saturated rings. The van der Waals surface area contributed by atoms with E-state index in [1.54, 1.807) is 0 Å². The lowest BCUT2D eigenvalue weighted by Crippen LogP contribution is -2.12. The molecule has 0 saturated heterocycles. The molecule has 0 spiro atoms. The van der Waals surface area contributed by atoms with Crippen LogP contribution in [0.1, 0.15) is 21.5 Å². The van der Waals surface area contributed by atoms with Crippen LogP contribution < -0.4 is 5.32 Å². The summed E-state index contributed by atoms with van der Waals surface area (Å²) in [6.07, 6.45) is 0. The molecule has 3 heteroatoms. The quantitative estimate of drug-likeness (QED) is 0.848. The summed E-state index contributed by atoms with van der Waals surface area (Å²) in [7, 11) is 0. The van der Waals surface area contributed by atoms with Crippen molar-refractivity contribution in [3.8, 4) is 0 Å². The van der Waals surface area contributed by atoms with Crippen molar-refractivity contribution in [1.29, 1.82) is 0 Å². The SMILES string of the molecule is Cc1ccccc1NC(=O)c1ccc(CBr)cc1. The summed E-state index contributed by atoms with van der Waals surface area (Å²) in [5.41, 5.74) is 3.74. The van der Waals surface area contributed by atoms with Gasteiger partial charge in [-0.3, -0.25) is 4.79 Å². The van der Waals surface area contributed by atoms with Gasteiger partial charge in [0.25, 0.3) is 5.91 Å². The largest absolute Gasteiger partial charge is 0.322 e. The number of anilines is 1. The van der Waals surface area contributed by atoms with Gasteiger partial charge >= 0.3 is 0 Å². The molecule has 0 aliphatic heterocycles. The summed E-state index contributed by atoms with van der Waals surface area (Å²) in [6.45, 7) is 1.98. The second-order valence-corrected chi connectivity index (χ2v) is 4.66. The Labute approximate surface area is 115 Å². The van der Waals surface area contributed by atoms with Crippen LogP contribution >= 0.6 is 15.9 Å². The molecule has 92 valence electrons. The first-order valence-electron chi connectivity index (χ1n) is 5.72. The molecule has 2 aromatic carbocycles. The highest BCUT2D eigenvalue weighted by molar-refractivity contribution is 9.08. The van der Waals surface area contributed by atoms with E-state index in [9.17, 15) is 4.79 Å². The van der Waals surface area contributed by atoms with Crippen molar-refractivity contribution >= 4 is 27.5 Å². The van der Waals surface area contributed by atoms with Crippen LogP contribution in [0.3, 0.4) is 0 Å². The molecule has 0 atom stereocenters. The highest BCUT2D eigenvalue weighted by Gasteiger charge is 2.06. The molecule has 0 unspecified atom stereocenters. The smallest absolute Gasteiger partial charge is 0.255 e. The van der Waals surface area contributed by atoms with E-state index < -0.39 is 0 Å². The molecule has 0 aliphatic carbocycles. The monoisotopic (exact) mass is 303 g/mol. The second-order valence-electron chi connectivity index (χ2n) is 4.10. The predicted molar refractivity (Wildman–Crippen MR) is 78.2 cm³/mol. The van der Waals surface area contributed by atoms with Crippen molar-refractivity contribution < 1.29 is 4.79 Å². The molecule has 0 saturated carbocycles. The molecule has 0 aliphatic rings. The Bertz CT molecular complexity index is 549. The van der Waals surface area contributed by atoms with E-state index in [0.717, 1.165) is 22.1 Å². The number of rotatable bonds is 3. The Morgan fingerprint density at radius 1 is 1.11 bits per heavy atom. The lowest BCUT2D eigenvalue weighted by Gasteiger charge is -2.08. The van der Waals surface area contributed by atoms with Crippen LogP contribution in [-0.2, 0) is 5.33 Å². The van der Waals surface area contributed by atoms with Gasteiger partial charge in [-0.15, -0.1) is 0 Å². The average Bonchev–Trinajstić information content (AvgIpc) is 2.41. The van der Waals surface area contributed by atoms with Gasteiger partial charge in [0.15, 0.2) is 0 Å². The first-order chi connectivity index (χ1) is 8.70. The predicted octanol–water partition coefficient (Wildman–Crippen LogP) is 4.14. The molecule has 0 aromatic heterocycles. The number of hydrogen-bond acceptors (Lipinski definition) is 1. The van der Waals surface area contributed by atoms with Gasteiger partial charge in [-0.1, -0.05) is 46.3 Å². The van der Waals surface area contributed by atoms with Gasteiger partial charge in [-0.05, 0) is 36.2 Å². The van der Waals surface area contributed by atoms with Crippen LogP contribution in [0.15, 0.2) is 48.5 Å². The number of nitrogens with one attached hydrogen (secondary N) is 1. The minimum atomic E-state index is -0.0783. The van der Waals surface area contributed by atoms with Gasteiger partial charge in [-0.2, -0.15) is 0 Å². The van der Waals surface area contributed by atoms with Crippen molar-refractivity contribution in [1.82, 2.24) is 0 Å². The Balaban J connectivity index is 2.14. The van der Waals surface area contributed by atoms with E-state index in [-0.39, 0.29) is 5.91 Å². The minimum absolute atomic E-state index is 0.0783. The molecular formula is C15H14BrNO. The normalized spacial score (nSPS) is 10.1. The Morgan fingerprint density at radius 3 is 2.39 bits per heavy atom. The fourth-order valence-corrected chi connectivity index (χ4v) is 2.03. The number of aryl methyl sites for hydroxylation is 1. The van der Waals surface area contributed by atoms with Crippen molar-refractivity contribution in [3.63, 3.8) is 0 Å². The number of alkyl halides is 1. The molecule has 1 N–H and O–H groups in total. The van der Waals surface area contributed by atoms with Crippen LogP contribution in [0.2, 0.25) is 0 Å². The molecule has 2 aromatic rings. The van der Waals surface area contributed by atoms with Crippen LogP contribution in [0.4, 0.5) is 5.69 Å². The van der Waals surface area contributed by atoms with Crippen molar-refractivity contribution in [2.24, 2.45) is 0 Å². The second kappa shape index (κ2) is 5.83. The maximum Gasteiger partial charge on any atom is 0.255 e. The summed E-state index contributed by atoms with van der Waals surface area (Å²) in [5, 5.41) is 3.71. The molecule has 0 heterocycles. The molecule has 0 radical (unpaired) electrons. The summed E-state index contributed by atoms with van der Waals surface area (Å²) < 4.78 is 0. The molecule has 2 nitrogen and oxygen atoms in total. The number of hydrogen-bond donors (Lipinski definition) is 1. The highest BCUT2D eigenvalue weighted by atomic mass is 79.9.